The maximum absolute atomic E-state index is 12.7. The summed E-state index contributed by atoms with van der Waals surface area (Å²) < 4.78 is 0. The van der Waals surface area contributed by atoms with Crippen LogP contribution in [0.5, 0.6) is 0 Å². The number of hydrogen-bond donors (Lipinski definition) is 0. The van der Waals surface area contributed by atoms with Gasteiger partial charge >= 0.3 is 17.1 Å². The van der Waals surface area contributed by atoms with Crippen molar-refractivity contribution in [1.82, 2.24) is 0 Å². The quantitative estimate of drug-likeness (QED) is 0.129. The molecule has 0 N–H and O–H groups in total. The zero-order valence-corrected chi connectivity index (χ0v) is 22.4. The maximum Gasteiger partial charge on any atom is 4.00 e. The van der Waals surface area contributed by atoms with E-state index in [2.05, 4.69) is 21.3 Å². The average Bonchev–Trinajstić information content (AvgIpc) is 2.87. The molecule has 1 aliphatic rings. The summed E-state index contributed by atoms with van der Waals surface area (Å²) in [6, 6.07) is 5.67. The molecule has 0 saturated carbocycles. The van der Waals surface area contributed by atoms with Crippen LogP contribution < -0.4 is 0 Å². The Kier molecular flexibility index (Phi) is 12.7. The fraction of sp³-hybridized carbons (Fsp3) is 0.304. The molecule has 1 aliphatic heterocycles. The Morgan fingerprint density at radius 1 is 0.605 bits per heavy atom. The molecule has 0 spiro atoms. The van der Waals surface area contributed by atoms with E-state index in [1.54, 1.807) is 0 Å². The second kappa shape index (κ2) is 14.4. The Morgan fingerprint density at radius 2 is 0.921 bits per heavy atom. The Bertz CT molecular complexity index is 1150. The normalized spacial score (nSPS) is 13.9. The van der Waals surface area contributed by atoms with Crippen molar-refractivity contribution in [3.8, 4) is 0 Å². The molecule has 15 heteroatoms. The summed E-state index contributed by atoms with van der Waals surface area (Å²) in [6.45, 7) is 10.4. The van der Waals surface area contributed by atoms with Crippen LogP contribution in [0.2, 0.25) is 0 Å². The minimum atomic E-state index is -1.85. The van der Waals surface area contributed by atoms with Crippen molar-refractivity contribution in [2.45, 2.75) is 41.5 Å². The summed E-state index contributed by atoms with van der Waals surface area (Å²) in [6.07, 6.45) is 0. The number of nitrogens with zero attached hydrogens (tertiary/aromatic N) is 6. The summed E-state index contributed by atoms with van der Waals surface area (Å²) in [4.78, 5) is 70.7. The topological polar surface area (TPSA) is 211 Å². The zero-order valence-electron chi connectivity index (χ0n) is 21.3. The van der Waals surface area contributed by atoms with E-state index in [-0.39, 0.29) is 28.4 Å². The molecule has 38 heavy (non-hydrogen) atoms. The van der Waals surface area contributed by atoms with Gasteiger partial charge in [0.1, 0.15) is 11.8 Å². The van der Waals surface area contributed by atoms with Gasteiger partial charge in [0.15, 0.2) is 0 Å². The van der Waals surface area contributed by atoms with Gasteiger partial charge in [0.25, 0.3) is 11.4 Å². The smallest absolute Gasteiger partial charge is 0.627 e. The standard InChI is InChI=1S/C19H16N6O8.2C2H6.Fe/c1-19(2)17(28)22-11-5-3-9(24(30)31)7-13(11)20-15(26)16(27)21-14-8-10(25(32)33)4-6-12(14)23-18(19)29;2*1-2;/h3-8H,1-2H3,(H4,20,21,22,23,26,27,28,29);2*1-2H3;/q;;;+4/p-4. The van der Waals surface area contributed by atoms with E-state index in [0.29, 0.717) is 0 Å². The Labute approximate surface area is 228 Å². The first-order valence-electron chi connectivity index (χ1n) is 11.0. The molecule has 14 nitrogen and oxygen atoms in total. The number of carbonyl (C=O) groups is 4. The zero-order chi connectivity index (χ0) is 28.5. The molecule has 0 fully saturated rings. The molecule has 0 atom stereocenters. The van der Waals surface area contributed by atoms with E-state index in [1.807, 2.05) is 27.7 Å². The van der Waals surface area contributed by atoms with Gasteiger partial charge in [0, 0.05) is 29.7 Å². The van der Waals surface area contributed by atoms with Crippen molar-refractivity contribution in [1.29, 1.82) is 0 Å². The molecular formula is C23H24FeN6O8. The van der Waals surface area contributed by atoms with Gasteiger partial charge in [-0.3, -0.25) is 20.2 Å². The van der Waals surface area contributed by atoms with Gasteiger partial charge in [-0.2, -0.15) is 0 Å². The molecule has 0 bridgehead atoms. The van der Waals surface area contributed by atoms with Crippen molar-refractivity contribution < 1.29 is 46.1 Å². The number of amides is 4. The van der Waals surface area contributed by atoms with E-state index >= 15 is 0 Å². The minimum absolute atomic E-state index is 0. The van der Waals surface area contributed by atoms with Gasteiger partial charge in [0.05, 0.1) is 21.7 Å². The van der Waals surface area contributed by atoms with E-state index < -0.39 is 61.6 Å². The first kappa shape index (κ1) is 33.6. The van der Waals surface area contributed by atoms with Gasteiger partial charge in [-0.25, -0.2) is 0 Å². The minimum Gasteiger partial charge on any atom is -0.627 e. The molecule has 1 heterocycles. The van der Waals surface area contributed by atoms with Crippen LogP contribution >= 0.6 is 0 Å². The molecule has 202 valence electrons. The van der Waals surface area contributed by atoms with Crippen molar-refractivity contribution in [3.05, 3.63) is 77.9 Å². The number of benzene rings is 2. The van der Waals surface area contributed by atoms with Crippen LogP contribution in [0.25, 0.3) is 21.3 Å². The van der Waals surface area contributed by atoms with E-state index in [9.17, 15) is 39.4 Å². The van der Waals surface area contributed by atoms with Crippen molar-refractivity contribution >= 4 is 57.8 Å². The molecule has 0 unspecified atom stereocenters. The third-order valence-corrected chi connectivity index (χ3v) is 4.48. The maximum atomic E-state index is 12.7. The third kappa shape index (κ3) is 7.82. The molecule has 0 saturated heterocycles. The number of nitro benzene ring substituents is 2. The first-order valence-corrected chi connectivity index (χ1v) is 11.0. The van der Waals surface area contributed by atoms with Crippen LogP contribution in [0, 0.1) is 25.6 Å². The summed E-state index contributed by atoms with van der Waals surface area (Å²) >= 11 is 0. The molecule has 2 aromatic rings. The molecule has 4 amide bonds. The molecule has 0 radical (unpaired) electrons. The number of non-ortho nitro benzene ring substituents is 2. The van der Waals surface area contributed by atoms with Crippen molar-refractivity contribution in [2.24, 2.45) is 5.41 Å². The second-order valence-corrected chi connectivity index (χ2v) is 7.15. The van der Waals surface area contributed by atoms with Gasteiger partial charge < -0.3 is 40.4 Å². The van der Waals surface area contributed by atoms with E-state index in [4.69, 9.17) is 0 Å². The van der Waals surface area contributed by atoms with Crippen LogP contribution in [0.15, 0.2) is 36.4 Å². The van der Waals surface area contributed by atoms with Crippen molar-refractivity contribution in [2.75, 3.05) is 0 Å². The summed E-state index contributed by atoms with van der Waals surface area (Å²) in [5, 5.41) is 36.6. The van der Waals surface area contributed by atoms with Crippen LogP contribution in [-0.2, 0) is 36.2 Å². The summed E-state index contributed by atoms with van der Waals surface area (Å²) in [5.41, 5.74) is -4.43. The number of fused-ring (bicyclic) bond motifs is 2. The molecule has 3 rings (SSSR count). The Hall–Kier alpha value is -4.36. The van der Waals surface area contributed by atoms with Crippen LogP contribution in [0.4, 0.5) is 34.1 Å². The van der Waals surface area contributed by atoms with Gasteiger partial charge in [0.2, 0.25) is 0 Å². The fourth-order valence-corrected chi connectivity index (χ4v) is 2.52. The van der Waals surface area contributed by atoms with Crippen LogP contribution in [0.3, 0.4) is 0 Å². The van der Waals surface area contributed by atoms with Gasteiger partial charge in [-0.1, -0.05) is 39.8 Å². The molecular weight excluding hydrogens is 544 g/mol. The first-order chi connectivity index (χ1) is 17.4. The fourth-order valence-electron chi connectivity index (χ4n) is 2.52. The monoisotopic (exact) mass is 568 g/mol. The predicted octanol–water partition coefficient (Wildman–Crippen LogP) is 6.42. The molecule has 0 aromatic heterocycles. The number of rotatable bonds is 2. The Balaban J connectivity index is 0.00000261. The Morgan fingerprint density at radius 3 is 1.21 bits per heavy atom. The van der Waals surface area contributed by atoms with E-state index in [1.165, 1.54) is 13.8 Å². The van der Waals surface area contributed by atoms with Crippen LogP contribution in [-0.4, -0.2) is 33.5 Å². The number of carbonyl (C=O) groups excluding carboxylic acids is 4. The average molecular weight is 568 g/mol. The van der Waals surface area contributed by atoms with Crippen LogP contribution in [0.1, 0.15) is 41.5 Å². The largest absolute Gasteiger partial charge is 4.00 e. The van der Waals surface area contributed by atoms with Gasteiger partial charge in [-0.15, -0.1) is 22.7 Å². The van der Waals surface area contributed by atoms with E-state index in [0.717, 1.165) is 36.4 Å². The SMILES string of the molecule is CC.CC.CC1(C)C(=O)[N-]c2ccc([N+](=O)[O-])cc2[N-]C(=O)C(=O)[N-]c2cc([N+](=O)[O-])ccc2[N-]C1=O.[Fe+4]. The second-order valence-electron chi connectivity index (χ2n) is 7.15. The van der Waals surface area contributed by atoms with Gasteiger partial charge in [-0.05, 0) is 13.8 Å². The van der Waals surface area contributed by atoms with Crippen molar-refractivity contribution in [3.63, 3.8) is 0 Å². The summed E-state index contributed by atoms with van der Waals surface area (Å²) in [5.74, 6) is -5.02. The molecule has 0 aliphatic carbocycles. The molecule has 2 aromatic carbocycles. The number of hydrogen-bond acceptors (Lipinski definition) is 8. The number of nitro groups is 2. The third-order valence-electron chi connectivity index (χ3n) is 4.48. The predicted molar refractivity (Wildman–Crippen MR) is 135 cm³/mol. The summed E-state index contributed by atoms with van der Waals surface area (Å²) in [7, 11) is 0.